The molecule has 2 aromatic heterocycles. The molecule has 0 unspecified atom stereocenters. The summed E-state index contributed by atoms with van der Waals surface area (Å²) in [4.78, 5) is 8.49. The van der Waals surface area contributed by atoms with Crippen LogP contribution in [-0.4, -0.2) is 21.0 Å². The molecule has 0 atom stereocenters. The van der Waals surface area contributed by atoms with Gasteiger partial charge in [0.05, 0.1) is 5.02 Å². The Kier molecular flexibility index (Phi) is 3.68. The number of oxime groups is 1. The van der Waals surface area contributed by atoms with Crippen molar-refractivity contribution in [2.24, 2.45) is 10.9 Å². The van der Waals surface area contributed by atoms with Gasteiger partial charge in [-0.1, -0.05) is 28.9 Å². The van der Waals surface area contributed by atoms with Crippen LogP contribution in [0.5, 0.6) is 0 Å². The summed E-state index contributed by atoms with van der Waals surface area (Å²) >= 11 is 7.38. The number of aromatic nitrogens is 2. The van der Waals surface area contributed by atoms with Crippen LogP contribution in [0.2, 0.25) is 5.02 Å². The molecule has 3 N–H and O–H groups in total. The van der Waals surface area contributed by atoms with Crippen molar-refractivity contribution in [3.05, 3.63) is 47.1 Å². The smallest absolute Gasteiger partial charge is 0.263 e. The highest BCUT2D eigenvalue weighted by Gasteiger charge is 2.15. The minimum absolute atomic E-state index is 0.0817. The van der Waals surface area contributed by atoms with Crippen LogP contribution in [0.15, 0.2) is 56.4 Å². The van der Waals surface area contributed by atoms with Gasteiger partial charge in [-0.25, -0.2) is 9.97 Å². The fraction of sp³-hybridized carbons (Fsp3) is 0. The third-order valence-corrected chi connectivity index (χ3v) is 4.05. The summed E-state index contributed by atoms with van der Waals surface area (Å²) in [5.74, 6) is -0.0817. The van der Waals surface area contributed by atoms with Crippen LogP contribution in [0, 0.1) is 0 Å². The standard InChI is InChI=1S/C13H9ClN4O2S/c14-10-7(11(15)18-19)5-6-16-12(10)21-13-17-8-3-1-2-4-9(8)20-13/h1-6,19H,(H2,15,18). The van der Waals surface area contributed by atoms with E-state index < -0.39 is 0 Å². The van der Waals surface area contributed by atoms with E-state index in [0.717, 1.165) is 5.52 Å². The molecule has 0 aliphatic heterocycles. The van der Waals surface area contributed by atoms with Crippen molar-refractivity contribution >= 4 is 40.3 Å². The van der Waals surface area contributed by atoms with E-state index >= 15 is 0 Å². The van der Waals surface area contributed by atoms with E-state index in [2.05, 4.69) is 15.1 Å². The molecule has 2 heterocycles. The molecule has 3 rings (SSSR count). The molecular formula is C13H9ClN4O2S. The van der Waals surface area contributed by atoms with E-state index in [4.69, 9.17) is 27.0 Å². The minimum Gasteiger partial charge on any atom is -0.431 e. The molecule has 1 aromatic carbocycles. The van der Waals surface area contributed by atoms with Crippen molar-refractivity contribution < 1.29 is 9.62 Å². The van der Waals surface area contributed by atoms with Gasteiger partial charge in [0.15, 0.2) is 11.4 Å². The van der Waals surface area contributed by atoms with Crippen LogP contribution >= 0.6 is 23.4 Å². The molecule has 21 heavy (non-hydrogen) atoms. The molecule has 0 spiro atoms. The van der Waals surface area contributed by atoms with Crippen LogP contribution in [0.1, 0.15) is 5.56 Å². The number of nitrogens with two attached hydrogens (primary N) is 1. The highest BCUT2D eigenvalue weighted by atomic mass is 35.5. The van der Waals surface area contributed by atoms with Gasteiger partial charge in [0.1, 0.15) is 10.5 Å². The Hall–Kier alpha value is -2.25. The minimum atomic E-state index is -0.0817. The molecule has 0 saturated heterocycles. The first-order valence-electron chi connectivity index (χ1n) is 5.85. The number of amidine groups is 1. The Morgan fingerprint density at radius 1 is 1.33 bits per heavy atom. The molecule has 106 valence electrons. The summed E-state index contributed by atoms with van der Waals surface area (Å²) in [5, 5.41) is 12.8. The van der Waals surface area contributed by atoms with Gasteiger partial charge in [-0.3, -0.25) is 0 Å². The Morgan fingerprint density at radius 2 is 2.14 bits per heavy atom. The predicted molar refractivity (Wildman–Crippen MR) is 79.9 cm³/mol. The van der Waals surface area contributed by atoms with Gasteiger partial charge in [0.25, 0.3) is 5.22 Å². The monoisotopic (exact) mass is 320 g/mol. The molecule has 0 saturated carbocycles. The molecular weight excluding hydrogens is 312 g/mol. The average Bonchev–Trinajstić information content (AvgIpc) is 2.91. The Labute approximate surface area is 128 Å². The Bertz CT molecular complexity index is 801. The number of nitrogens with zero attached hydrogens (tertiary/aromatic N) is 3. The summed E-state index contributed by atoms with van der Waals surface area (Å²) in [5.41, 5.74) is 7.39. The van der Waals surface area contributed by atoms with Gasteiger partial charge < -0.3 is 15.4 Å². The number of benzene rings is 1. The number of pyridine rings is 1. The van der Waals surface area contributed by atoms with Crippen molar-refractivity contribution in [2.75, 3.05) is 0 Å². The maximum atomic E-state index is 8.73. The maximum absolute atomic E-state index is 8.73. The van der Waals surface area contributed by atoms with Gasteiger partial charge in [-0.05, 0) is 30.0 Å². The summed E-state index contributed by atoms with van der Waals surface area (Å²) in [7, 11) is 0. The summed E-state index contributed by atoms with van der Waals surface area (Å²) in [6, 6.07) is 8.99. The normalized spacial score (nSPS) is 12.0. The lowest BCUT2D eigenvalue weighted by Crippen LogP contribution is -2.14. The van der Waals surface area contributed by atoms with Crippen molar-refractivity contribution in [3.8, 4) is 0 Å². The molecule has 0 aliphatic carbocycles. The van der Waals surface area contributed by atoms with Crippen LogP contribution in [0.4, 0.5) is 0 Å². The number of oxazole rings is 1. The molecule has 8 heteroatoms. The van der Waals surface area contributed by atoms with Gasteiger partial charge in [0.2, 0.25) is 0 Å². The highest BCUT2D eigenvalue weighted by molar-refractivity contribution is 7.99. The summed E-state index contributed by atoms with van der Waals surface area (Å²) in [6.07, 6.45) is 1.52. The van der Waals surface area contributed by atoms with Crippen LogP contribution in [0.3, 0.4) is 0 Å². The van der Waals surface area contributed by atoms with E-state index in [1.165, 1.54) is 18.0 Å². The van der Waals surface area contributed by atoms with Gasteiger partial charge in [-0.2, -0.15) is 0 Å². The van der Waals surface area contributed by atoms with Crippen LogP contribution in [-0.2, 0) is 0 Å². The molecule has 0 bridgehead atoms. The quantitative estimate of drug-likeness (QED) is 0.333. The fourth-order valence-electron chi connectivity index (χ4n) is 1.72. The lowest BCUT2D eigenvalue weighted by molar-refractivity contribution is 0.318. The Balaban J connectivity index is 1.98. The van der Waals surface area contributed by atoms with Gasteiger partial charge in [-0.15, -0.1) is 0 Å². The van der Waals surface area contributed by atoms with Crippen molar-refractivity contribution in [2.45, 2.75) is 10.2 Å². The van der Waals surface area contributed by atoms with E-state index in [1.807, 2.05) is 24.3 Å². The van der Waals surface area contributed by atoms with E-state index in [-0.39, 0.29) is 10.9 Å². The molecule has 0 fully saturated rings. The summed E-state index contributed by atoms with van der Waals surface area (Å²) in [6.45, 7) is 0. The second-order valence-electron chi connectivity index (χ2n) is 4.01. The molecule has 3 aromatic rings. The SMILES string of the molecule is N/C(=N/O)c1ccnc(Sc2nc3ccccc3o2)c1Cl. The Morgan fingerprint density at radius 3 is 2.90 bits per heavy atom. The molecule has 0 amide bonds. The average molecular weight is 321 g/mol. The lowest BCUT2D eigenvalue weighted by atomic mass is 10.2. The largest absolute Gasteiger partial charge is 0.431 e. The van der Waals surface area contributed by atoms with Crippen LogP contribution in [0.25, 0.3) is 11.1 Å². The van der Waals surface area contributed by atoms with E-state index in [9.17, 15) is 0 Å². The number of rotatable bonds is 3. The van der Waals surface area contributed by atoms with Crippen molar-refractivity contribution in [3.63, 3.8) is 0 Å². The second-order valence-corrected chi connectivity index (χ2v) is 5.33. The highest BCUT2D eigenvalue weighted by Crippen LogP contribution is 2.34. The second kappa shape index (κ2) is 5.63. The molecule has 6 nitrogen and oxygen atoms in total. The van der Waals surface area contributed by atoms with Crippen LogP contribution < -0.4 is 5.73 Å². The number of hydrogen-bond donors (Lipinski definition) is 2. The fourth-order valence-corrected chi connectivity index (χ4v) is 2.80. The lowest BCUT2D eigenvalue weighted by Gasteiger charge is -2.05. The number of para-hydroxylation sites is 2. The molecule has 0 aliphatic rings. The predicted octanol–water partition coefficient (Wildman–Crippen LogP) is 3.12. The van der Waals surface area contributed by atoms with Gasteiger partial charge in [0, 0.05) is 11.8 Å². The number of halogens is 1. The number of fused-ring (bicyclic) bond motifs is 1. The maximum Gasteiger partial charge on any atom is 0.263 e. The van der Waals surface area contributed by atoms with E-state index in [0.29, 0.717) is 21.4 Å². The van der Waals surface area contributed by atoms with Gasteiger partial charge >= 0.3 is 0 Å². The van der Waals surface area contributed by atoms with Crippen molar-refractivity contribution in [1.29, 1.82) is 0 Å². The first-order chi connectivity index (χ1) is 10.2. The summed E-state index contributed by atoms with van der Waals surface area (Å²) < 4.78 is 5.60. The zero-order valence-electron chi connectivity index (χ0n) is 10.5. The topological polar surface area (TPSA) is 97.5 Å². The van der Waals surface area contributed by atoms with E-state index in [1.54, 1.807) is 6.07 Å². The first-order valence-corrected chi connectivity index (χ1v) is 7.04. The third-order valence-electron chi connectivity index (χ3n) is 2.70. The first kappa shape index (κ1) is 13.7. The van der Waals surface area contributed by atoms with Crippen molar-refractivity contribution in [1.82, 2.24) is 9.97 Å². The number of hydrogen-bond acceptors (Lipinski definition) is 6. The third kappa shape index (κ3) is 2.65. The molecule has 0 radical (unpaired) electrons. The zero-order valence-corrected chi connectivity index (χ0v) is 12.1. The zero-order chi connectivity index (χ0) is 14.8.